The van der Waals surface area contributed by atoms with E-state index in [1.54, 1.807) is 24.3 Å². The van der Waals surface area contributed by atoms with Crippen molar-refractivity contribution < 1.29 is 18.0 Å². The summed E-state index contributed by atoms with van der Waals surface area (Å²) in [6, 6.07) is 7.81. The summed E-state index contributed by atoms with van der Waals surface area (Å²) in [5.41, 5.74) is 6.25. The first-order valence-electron chi connectivity index (χ1n) is 7.58. The quantitative estimate of drug-likeness (QED) is 0.751. The summed E-state index contributed by atoms with van der Waals surface area (Å²) in [4.78, 5) is 24.0. The van der Waals surface area contributed by atoms with Crippen LogP contribution < -0.4 is 16.1 Å². The molecule has 0 aliphatic carbocycles. The zero-order valence-electron chi connectivity index (χ0n) is 12.9. The van der Waals surface area contributed by atoms with Crippen molar-refractivity contribution in [3.05, 3.63) is 30.3 Å². The van der Waals surface area contributed by atoms with Gasteiger partial charge in [-0.15, -0.1) is 0 Å². The van der Waals surface area contributed by atoms with Gasteiger partial charge in [0.05, 0.1) is 17.2 Å². The summed E-state index contributed by atoms with van der Waals surface area (Å²) >= 11 is 0. The first-order chi connectivity index (χ1) is 11.4. The van der Waals surface area contributed by atoms with Crippen LogP contribution in [0.15, 0.2) is 35.4 Å². The lowest BCUT2D eigenvalue weighted by Crippen LogP contribution is -2.41. The van der Waals surface area contributed by atoms with E-state index in [9.17, 15) is 18.0 Å². The molecule has 9 heteroatoms. The van der Waals surface area contributed by atoms with Crippen molar-refractivity contribution in [1.82, 2.24) is 5.32 Å². The fourth-order valence-corrected chi connectivity index (χ4v) is 4.54. The number of sulfone groups is 1. The Morgan fingerprint density at radius 2 is 1.96 bits per heavy atom. The topological polar surface area (TPSA) is 122 Å². The van der Waals surface area contributed by atoms with Crippen LogP contribution in [0, 0.1) is 0 Å². The Morgan fingerprint density at radius 1 is 1.25 bits per heavy atom. The van der Waals surface area contributed by atoms with Crippen molar-refractivity contribution in [1.29, 1.82) is 0 Å². The van der Waals surface area contributed by atoms with E-state index < -0.39 is 33.7 Å². The number of primary amides is 1. The number of hydrazone groups is 1. The molecule has 8 nitrogen and oxygen atoms in total. The number of benzene rings is 1. The molecule has 0 aromatic heterocycles. The number of amides is 2. The van der Waals surface area contributed by atoms with Gasteiger partial charge in [0, 0.05) is 12.5 Å². The molecule has 3 rings (SSSR count). The van der Waals surface area contributed by atoms with Crippen molar-refractivity contribution in [2.45, 2.75) is 24.9 Å². The fourth-order valence-electron chi connectivity index (χ4n) is 2.87. The minimum Gasteiger partial charge on any atom is -0.368 e. The van der Waals surface area contributed by atoms with Gasteiger partial charge in [-0.3, -0.25) is 14.6 Å². The van der Waals surface area contributed by atoms with E-state index in [0.29, 0.717) is 12.1 Å². The lowest BCUT2D eigenvalue weighted by atomic mass is 10.1. The predicted molar refractivity (Wildman–Crippen MR) is 89.2 cm³/mol. The minimum absolute atomic E-state index is 0.0618. The van der Waals surface area contributed by atoms with Crippen molar-refractivity contribution in [3.8, 4) is 0 Å². The van der Waals surface area contributed by atoms with Crippen LogP contribution in [0.3, 0.4) is 0 Å². The third kappa shape index (κ3) is 3.40. The van der Waals surface area contributed by atoms with Gasteiger partial charge >= 0.3 is 0 Å². The second kappa shape index (κ2) is 6.23. The molecule has 128 valence electrons. The number of nitrogens with zero attached hydrogens (tertiary/aromatic N) is 2. The minimum atomic E-state index is -3.08. The van der Waals surface area contributed by atoms with Crippen molar-refractivity contribution in [2.75, 3.05) is 16.5 Å². The van der Waals surface area contributed by atoms with Gasteiger partial charge in [-0.2, -0.15) is 5.10 Å². The number of rotatable bonds is 4. The van der Waals surface area contributed by atoms with Crippen LogP contribution in [-0.2, 0) is 19.4 Å². The molecule has 0 spiro atoms. The average molecular weight is 350 g/mol. The second-order valence-corrected chi connectivity index (χ2v) is 8.15. The van der Waals surface area contributed by atoms with Crippen LogP contribution in [0.2, 0.25) is 0 Å². The number of nitrogens with two attached hydrogens (primary N) is 1. The Balaban J connectivity index is 1.76. The van der Waals surface area contributed by atoms with Gasteiger partial charge in [0.1, 0.15) is 11.8 Å². The SMILES string of the molecule is NC(=O)[C@H]1CC(C(=O)N[C@@H]2CCS(=O)(=O)C2)=NN1c1ccccc1. The number of hydrogen-bond acceptors (Lipinski definition) is 6. The van der Waals surface area contributed by atoms with Crippen LogP contribution in [0.25, 0.3) is 0 Å². The van der Waals surface area contributed by atoms with Crippen LogP contribution in [0.4, 0.5) is 5.69 Å². The highest BCUT2D eigenvalue weighted by atomic mass is 32.2. The molecule has 24 heavy (non-hydrogen) atoms. The Labute approximate surface area is 139 Å². The van der Waals surface area contributed by atoms with Crippen LogP contribution in [-0.4, -0.2) is 49.5 Å². The first kappa shape index (κ1) is 16.4. The van der Waals surface area contributed by atoms with E-state index in [0.717, 1.165) is 0 Å². The summed E-state index contributed by atoms with van der Waals surface area (Å²) in [5, 5.41) is 8.34. The van der Waals surface area contributed by atoms with Crippen molar-refractivity contribution >= 4 is 33.1 Å². The molecule has 2 heterocycles. The van der Waals surface area contributed by atoms with Gasteiger partial charge in [-0.1, -0.05) is 18.2 Å². The molecule has 2 aliphatic rings. The molecule has 2 amide bonds. The zero-order chi connectivity index (χ0) is 17.3. The van der Waals surface area contributed by atoms with E-state index in [-0.39, 0.29) is 23.6 Å². The number of carbonyl (C=O) groups is 2. The van der Waals surface area contributed by atoms with Gasteiger partial charge in [-0.25, -0.2) is 8.42 Å². The summed E-state index contributed by atoms with van der Waals surface area (Å²) < 4.78 is 22.9. The molecule has 0 radical (unpaired) electrons. The van der Waals surface area contributed by atoms with E-state index in [1.807, 2.05) is 6.07 Å². The van der Waals surface area contributed by atoms with Crippen molar-refractivity contribution in [3.63, 3.8) is 0 Å². The molecule has 1 fully saturated rings. The lowest BCUT2D eigenvalue weighted by molar-refractivity contribution is -0.119. The molecule has 1 aromatic carbocycles. The number of carbonyl (C=O) groups excluding carboxylic acids is 2. The van der Waals surface area contributed by atoms with E-state index in [2.05, 4.69) is 10.4 Å². The Bertz CT molecular complexity index is 791. The molecule has 1 aromatic rings. The summed E-state index contributed by atoms with van der Waals surface area (Å²) in [5.74, 6) is -1.02. The molecule has 0 bridgehead atoms. The van der Waals surface area contributed by atoms with Gasteiger partial charge in [0.25, 0.3) is 5.91 Å². The van der Waals surface area contributed by atoms with Gasteiger partial charge in [0.15, 0.2) is 9.84 Å². The maximum absolute atomic E-state index is 12.3. The molecule has 0 saturated carbocycles. The standard InChI is InChI=1S/C15H18N4O4S/c16-14(20)13-8-12(18-19(13)11-4-2-1-3-5-11)15(21)17-10-6-7-24(22,23)9-10/h1-5,10,13H,6-9H2,(H2,16,20)(H,17,21)/t10-,13-/m1/s1. The second-order valence-electron chi connectivity index (χ2n) is 5.92. The zero-order valence-corrected chi connectivity index (χ0v) is 13.7. The number of para-hydroxylation sites is 1. The van der Waals surface area contributed by atoms with Crippen molar-refractivity contribution in [2.24, 2.45) is 10.8 Å². The predicted octanol–water partition coefficient (Wildman–Crippen LogP) is -0.590. The Hall–Kier alpha value is -2.42. The maximum atomic E-state index is 12.3. The summed E-state index contributed by atoms with van der Waals surface area (Å²) in [6.07, 6.45) is 0.485. The highest BCUT2D eigenvalue weighted by molar-refractivity contribution is 7.91. The summed E-state index contributed by atoms with van der Waals surface area (Å²) in [7, 11) is -3.08. The van der Waals surface area contributed by atoms with Crippen LogP contribution in [0.1, 0.15) is 12.8 Å². The molecule has 2 aliphatic heterocycles. The number of anilines is 1. The Morgan fingerprint density at radius 3 is 2.54 bits per heavy atom. The normalized spacial score (nSPS) is 25.3. The van der Waals surface area contributed by atoms with E-state index >= 15 is 0 Å². The average Bonchev–Trinajstić information content (AvgIpc) is 3.12. The molecule has 3 N–H and O–H groups in total. The first-order valence-corrected chi connectivity index (χ1v) is 9.40. The maximum Gasteiger partial charge on any atom is 0.267 e. The van der Waals surface area contributed by atoms with Gasteiger partial charge < -0.3 is 11.1 Å². The molecule has 0 unspecified atom stereocenters. The smallest absolute Gasteiger partial charge is 0.267 e. The Kier molecular flexibility index (Phi) is 4.27. The molecule has 1 saturated heterocycles. The number of hydrogen-bond donors (Lipinski definition) is 2. The molecule has 2 atom stereocenters. The fraction of sp³-hybridized carbons (Fsp3) is 0.400. The molecular formula is C15H18N4O4S. The highest BCUT2D eigenvalue weighted by Gasteiger charge is 2.36. The van der Waals surface area contributed by atoms with Gasteiger partial charge in [0.2, 0.25) is 5.91 Å². The third-order valence-electron chi connectivity index (χ3n) is 4.09. The summed E-state index contributed by atoms with van der Waals surface area (Å²) in [6.45, 7) is 0. The number of nitrogens with one attached hydrogen (secondary N) is 1. The molecular weight excluding hydrogens is 332 g/mol. The monoisotopic (exact) mass is 350 g/mol. The largest absolute Gasteiger partial charge is 0.368 e. The highest BCUT2D eigenvalue weighted by Crippen LogP contribution is 2.24. The van der Waals surface area contributed by atoms with Crippen LogP contribution in [0.5, 0.6) is 0 Å². The lowest BCUT2D eigenvalue weighted by Gasteiger charge is -2.20. The van der Waals surface area contributed by atoms with Gasteiger partial charge in [-0.05, 0) is 18.6 Å². The van der Waals surface area contributed by atoms with Crippen LogP contribution >= 0.6 is 0 Å². The third-order valence-corrected chi connectivity index (χ3v) is 5.86. The van der Waals surface area contributed by atoms with E-state index in [1.165, 1.54) is 5.01 Å². The van der Waals surface area contributed by atoms with E-state index in [4.69, 9.17) is 5.73 Å².